The zero-order valence-corrected chi connectivity index (χ0v) is 10.6. The lowest BCUT2D eigenvalue weighted by atomic mass is 9.78. The largest absolute Gasteiger partial charge is 0.324 e. The maximum absolute atomic E-state index is 13.0. The molecule has 1 aromatic rings. The second-order valence-electron chi connectivity index (χ2n) is 5.66. The predicted octanol–water partition coefficient (Wildman–Crippen LogP) is 3.90. The lowest BCUT2D eigenvalue weighted by Gasteiger charge is -2.29. The van der Waals surface area contributed by atoms with Gasteiger partial charge in [0.05, 0.1) is 0 Å². The quantitative estimate of drug-likeness (QED) is 0.826. The van der Waals surface area contributed by atoms with Crippen molar-refractivity contribution in [2.24, 2.45) is 17.1 Å². The number of rotatable bonds is 3. The lowest BCUT2D eigenvalue weighted by molar-refractivity contribution is 0.234. The van der Waals surface area contributed by atoms with Gasteiger partial charge in [-0.1, -0.05) is 39.8 Å². The average molecular weight is 223 g/mol. The molecule has 0 amide bonds. The van der Waals surface area contributed by atoms with Crippen molar-refractivity contribution < 1.29 is 4.39 Å². The second-order valence-corrected chi connectivity index (χ2v) is 5.66. The molecule has 0 spiro atoms. The third-order valence-corrected chi connectivity index (χ3v) is 3.36. The molecule has 2 atom stereocenters. The topological polar surface area (TPSA) is 26.0 Å². The van der Waals surface area contributed by atoms with E-state index < -0.39 is 0 Å². The highest BCUT2D eigenvalue weighted by atomic mass is 19.1. The van der Waals surface area contributed by atoms with Crippen LogP contribution in [0.1, 0.15) is 45.7 Å². The Kier molecular flexibility index (Phi) is 4.09. The normalized spacial score (nSPS) is 15.9. The van der Waals surface area contributed by atoms with Crippen LogP contribution in [0, 0.1) is 17.2 Å². The molecule has 0 aromatic heterocycles. The molecule has 0 aliphatic rings. The highest BCUT2D eigenvalue weighted by molar-refractivity contribution is 5.19. The van der Waals surface area contributed by atoms with Gasteiger partial charge in [0, 0.05) is 6.04 Å². The minimum atomic E-state index is -0.212. The van der Waals surface area contributed by atoms with Crippen LogP contribution in [0.15, 0.2) is 24.3 Å². The molecule has 0 saturated heterocycles. The van der Waals surface area contributed by atoms with Crippen molar-refractivity contribution in [1.82, 2.24) is 0 Å². The summed E-state index contributed by atoms with van der Waals surface area (Å²) >= 11 is 0. The van der Waals surface area contributed by atoms with Crippen LogP contribution < -0.4 is 5.73 Å². The first kappa shape index (κ1) is 13.2. The Morgan fingerprint density at radius 1 is 1.31 bits per heavy atom. The zero-order chi connectivity index (χ0) is 12.3. The molecule has 16 heavy (non-hydrogen) atoms. The zero-order valence-electron chi connectivity index (χ0n) is 10.6. The van der Waals surface area contributed by atoms with Crippen molar-refractivity contribution in [2.45, 2.75) is 40.2 Å². The number of hydrogen-bond donors (Lipinski definition) is 1. The average Bonchev–Trinajstić information content (AvgIpc) is 2.16. The van der Waals surface area contributed by atoms with Gasteiger partial charge in [-0.15, -0.1) is 0 Å². The first-order valence-corrected chi connectivity index (χ1v) is 5.81. The minimum absolute atomic E-state index is 0.0788. The Morgan fingerprint density at radius 2 is 1.94 bits per heavy atom. The molecule has 0 radical (unpaired) electrons. The molecule has 1 nitrogen and oxygen atoms in total. The number of nitrogens with two attached hydrogens (primary N) is 1. The number of halogens is 1. The minimum Gasteiger partial charge on any atom is -0.324 e. The van der Waals surface area contributed by atoms with Gasteiger partial charge >= 0.3 is 0 Å². The maximum Gasteiger partial charge on any atom is 0.123 e. The van der Waals surface area contributed by atoms with Crippen LogP contribution in [0.25, 0.3) is 0 Å². The summed E-state index contributed by atoms with van der Waals surface area (Å²) in [5.41, 5.74) is 7.22. The van der Waals surface area contributed by atoms with Crippen LogP contribution in [-0.2, 0) is 0 Å². The third-order valence-electron chi connectivity index (χ3n) is 3.36. The van der Waals surface area contributed by atoms with E-state index in [0.29, 0.717) is 5.92 Å². The van der Waals surface area contributed by atoms with Crippen LogP contribution in [0.5, 0.6) is 0 Å². The summed E-state index contributed by atoms with van der Waals surface area (Å²) in [7, 11) is 0. The van der Waals surface area contributed by atoms with Gasteiger partial charge in [-0.25, -0.2) is 4.39 Å². The van der Waals surface area contributed by atoms with Crippen LogP contribution in [0.3, 0.4) is 0 Å². The van der Waals surface area contributed by atoms with Crippen molar-refractivity contribution in [2.75, 3.05) is 0 Å². The molecule has 2 N–H and O–H groups in total. The van der Waals surface area contributed by atoms with Crippen LogP contribution >= 0.6 is 0 Å². The van der Waals surface area contributed by atoms with E-state index in [2.05, 4.69) is 27.7 Å². The SMILES string of the molecule is CC(CC(N)c1cccc(F)c1)C(C)(C)C. The molecule has 2 heteroatoms. The fourth-order valence-electron chi connectivity index (χ4n) is 1.61. The van der Waals surface area contributed by atoms with E-state index in [1.54, 1.807) is 6.07 Å². The summed E-state index contributed by atoms with van der Waals surface area (Å²) in [5.74, 6) is 0.294. The molecular weight excluding hydrogens is 201 g/mol. The molecule has 0 heterocycles. The van der Waals surface area contributed by atoms with Crippen molar-refractivity contribution in [1.29, 1.82) is 0 Å². The Labute approximate surface area is 97.9 Å². The second kappa shape index (κ2) is 4.96. The van der Waals surface area contributed by atoms with Gasteiger partial charge in [0.2, 0.25) is 0 Å². The van der Waals surface area contributed by atoms with Crippen LogP contribution in [0.2, 0.25) is 0 Å². The molecule has 0 aliphatic carbocycles. The van der Waals surface area contributed by atoms with E-state index in [-0.39, 0.29) is 17.3 Å². The van der Waals surface area contributed by atoms with E-state index >= 15 is 0 Å². The van der Waals surface area contributed by atoms with Gasteiger partial charge in [-0.3, -0.25) is 0 Å². The van der Waals surface area contributed by atoms with E-state index in [4.69, 9.17) is 5.73 Å². The molecule has 2 unspecified atom stereocenters. The highest BCUT2D eigenvalue weighted by Gasteiger charge is 2.22. The highest BCUT2D eigenvalue weighted by Crippen LogP contribution is 2.32. The maximum atomic E-state index is 13.0. The number of hydrogen-bond acceptors (Lipinski definition) is 1. The van der Waals surface area contributed by atoms with Gasteiger partial charge in [-0.05, 0) is 35.4 Å². The first-order valence-electron chi connectivity index (χ1n) is 5.81. The standard InChI is InChI=1S/C14H22FN/c1-10(14(2,3)4)8-13(16)11-6-5-7-12(15)9-11/h5-7,9-10,13H,8,16H2,1-4H3. The summed E-state index contributed by atoms with van der Waals surface area (Å²) in [6.45, 7) is 8.81. The fourth-order valence-corrected chi connectivity index (χ4v) is 1.61. The summed E-state index contributed by atoms with van der Waals surface area (Å²) < 4.78 is 13.0. The summed E-state index contributed by atoms with van der Waals surface area (Å²) in [6.07, 6.45) is 0.882. The molecule has 0 bridgehead atoms. The number of benzene rings is 1. The van der Waals surface area contributed by atoms with Crippen molar-refractivity contribution in [3.63, 3.8) is 0 Å². The Balaban J connectivity index is 2.69. The Morgan fingerprint density at radius 3 is 2.44 bits per heavy atom. The smallest absolute Gasteiger partial charge is 0.123 e. The van der Waals surface area contributed by atoms with Crippen LogP contribution in [0.4, 0.5) is 4.39 Å². The van der Waals surface area contributed by atoms with Crippen molar-refractivity contribution in [3.8, 4) is 0 Å². The van der Waals surface area contributed by atoms with E-state index in [0.717, 1.165) is 12.0 Å². The summed E-state index contributed by atoms with van der Waals surface area (Å²) in [4.78, 5) is 0. The molecular formula is C14H22FN. The molecule has 1 aromatic carbocycles. The van der Waals surface area contributed by atoms with E-state index in [1.807, 2.05) is 6.07 Å². The van der Waals surface area contributed by atoms with Gasteiger partial charge in [0.25, 0.3) is 0 Å². The van der Waals surface area contributed by atoms with E-state index in [9.17, 15) is 4.39 Å². The molecule has 0 aliphatic heterocycles. The van der Waals surface area contributed by atoms with Gasteiger partial charge in [0.15, 0.2) is 0 Å². The molecule has 90 valence electrons. The van der Waals surface area contributed by atoms with Crippen LogP contribution in [-0.4, -0.2) is 0 Å². The van der Waals surface area contributed by atoms with Gasteiger partial charge < -0.3 is 5.73 Å². The molecule has 1 rings (SSSR count). The monoisotopic (exact) mass is 223 g/mol. The van der Waals surface area contributed by atoms with Crippen molar-refractivity contribution in [3.05, 3.63) is 35.6 Å². The Bertz CT molecular complexity index is 341. The van der Waals surface area contributed by atoms with E-state index in [1.165, 1.54) is 12.1 Å². The fraction of sp³-hybridized carbons (Fsp3) is 0.571. The summed E-state index contributed by atoms with van der Waals surface area (Å²) in [5, 5.41) is 0. The predicted molar refractivity (Wildman–Crippen MR) is 66.6 cm³/mol. The van der Waals surface area contributed by atoms with Gasteiger partial charge in [0.1, 0.15) is 5.82 Å². The lowest BCUT2D eigenvalue weighted by Crippen LogP contribution is -2.23. The van der Waals surface area contributed by atoms with Gasteiger partial charge in [-0.2, -0.15) is 0 Å². The summed E-state index contributed by atoms with van der Waals surface area (Å²) in [6, 6.07) is 6.50. The molecule has 0 fully saturated rings. The Hall–Kier alpha value is -0.890. The third kappa shape index (κ3) is 3.60. The molecule has 0 saturated carbocycles. The van der Waals surface area contributed by atoms with Crippen molar-refractivity contribution >= 4 is 0 Å². The first-order chi connectivity index (χ1) is 7.30.